The molecule has 0 aliphatic rings. The maximum Gasteiger partial charge on any atom is 0.332 e. The van der Waals surface area contributed by atoms with Gasteiger partial charge in [-0.2, -0.15) is 10.2 Å². The van der Waals surface area contributed by atoms with Gasteiger partial charge in [0.15, 0.2) is 0 Å². The van der Waals surface area contributed by atoms with E-state index in [1.165, 1.54) is 0 Å². The highest BCUT2D eigenvalue weighted by Crippen LogP contribution is 2.16. The Balaban J connectivity index is 2.14. The van der Waals surface area contributed by atoms with Crippen molar-refractivity contribution in [2.45, 2.75) is 19.3 Å². The van der Waals surface area contributed by atoms with Crippen LogP contribution in [0.5, 0.6) is 0 Å². The zero-order chi connectivity index (χ0) is 21.2. The molecule has 2 aromatic carbocycles. The number of carbonyl (C=O) groups is 2. The van der Waals surface area contributed by atoms with Gasteiger partial charge in [0, 0.05) is 10.0 Å². The van der Waals surface area contributed by atoms with Crippen molar-refractivity contribution in [2.24, 2.45) is 21.7 Å². The Morgan fingerprint density at radius 3 is 1.38 bits per heavy atom. The summed E-state index contributed by atoms with van der Waals surface area (Å²) in [5.41, 5.74) is 17.6. The van der Waals surface area contributed by atoms with Gasteiger partial charge in [-0.05, 0) is 54.7 Å². The molecular weight excluding hydrogens is 415 g/mol. The molecule has 0 saturated carbocycles. The Bertz CT molecular complexity index is 836. The van der Waals surface area contributed by atoms with Crippen LogP contribution in [0, 0.1) is 0 Å². The predicted octanol–water partition coefficient (Wildman–Crippen LogP) is 3.61. The molecule has 0 fully saturated rings. The number of halogens is 2. The number of hydrazone groups is 2. The van der Waals surface area contributed by atoms with Crippen molar-refractivity contribution < 1.29 is 9.59 Å². The second-order valence-corrected chi connectivity index (χ2v) is 6.81. The highest BCUT2D eigenvalue weighted by atomic mass is 35.5. The zero-order valence-corrected chi connectivity index (χ0v) is 16.9. The van der Waals surface area contributed by atoms with Crippen LogP contribution in [0.3, 0.4) is 0 Å². The number of hydrogen-bond donors (Lipinski definition) is 4. The van der Waals surface area contributed by atoms with Crippen LogP contribution in [-0.2, 0) is 0 Å². The van der Waals surface area contributed by atoms with Gasteiger partial charge in [-0.1, -0.05) is 47.5 Å². The molecule has 0 aliphatic heterocycles. The minimum Gasteiger partial charge on any atom is -0.350 e. The standard InChI is InChI=1S/C19H20Cl2N6O2/c20-14-8-4-12(5-9-14)16(24-26-18(22)28)2-1-3-17(25-27-19(23)29)13-6-10-15(21)11-7-13/h4-11H,1-3H2,(H3,22,26,28)(H3,23,27,29)/b24-16+,25-17+. The minimum absolute atomic E-state index is 0.505. The lowest BCUT2D eigenvalue weighted by Crippen LogP contribution is -2.26. The molecular formula is C19H20Cl2N6O2. The number of amides is 4. The first-order chi connectivity index (χ1) is 13.8. The monoisotopic (exact) mass is 434 g/mol. The first-order valence-electron chi connectivity index (χ1n) is 8.61. The quantitative estimate of drug-likeness (QED) is 0.372. The molecule has 0 saturated heterocycles. The van der Waals surface area contributed by atoms with Crippen molar-refractivity contribution in [1.82, 2.24) is 10.9 Å². The molecule has 0 atom stereocenters. The van der Waals surface area contributed by atoms with Crippen LogP contribution in [0.1, 0.15) is 30.4 Å². The summed E-state index contributed by atoms with van der Waals surface area (Å²) in [5, 5.41) is 9.34. The average molecular weight is 435 g/mol. The van der Waals surface area contributed by atoms with Crippen LogP contribution in [0.25, 0.3) is 0 Å². The largest absolute Gasteiger partial charge is 0.350 e. The van der Waals surface area contributed by atoms with E-state index in [1.807, 2.05) is 0 Å². The van der Waals surface area contributed by atoms with Gasteiger partial charge in [-0.25, -0.2) is 20.4 Å². The number of rotatable bonds is 8. The summed E-state index contributed by atoms with van der Waals surface area (Å²) in [6.07, 6.45) is 1.62. The molecule has 152 valence electrons. The summed E-state index contributed by atoms with van der Waals surface area (Å²) < 4.78 is 0. The Labute approximate surface area is 177 Å². The van der Waals surface area contributed by atoms with Crippen molar-refractivity contribution in [3.63, 3.8) is 0 Å². The van der Waals surface area contributed by atoms with Gasteiger partial charge in [-0.15, -0.1) is 0 Å². The molecule has 0 aromatic heterocycles. The predicted molar refractivity (Wildman–Crippen MR) is 115 cm³/mol. The van der Waals surface area contributed by atoms with Gasteiger partial charge in [0.05, 0.1) is 11.4 Å². The normalized spacial score (nSPS) is 11.8. The second kappa shape index (κ2) is 11.0. The molecule has 10 heteroatoms. The highest BCUT2D eigenvalue weighted by Gasteiger charge is 2.09. The lowest BCUT2D eigenvalue weighted by atomic mass is 10.0. The lowest BCUT2D eigenvalue weighted by molar-refractivity contribution is 0.248. The number of nitrogens with one attached hydrogen (secondary N) is 2. The van der Waals surface area contributed by atoms with Crippen LogP contribution in [0.4, 0.5) is 9.59 Å². The summed E-state index contributed by atoms with van der Waals surface area (Å²) in [4.78, 5) is 22.1. The summed E-state index contributed by atoms with van der Waals surface area (Å²) in [7, 11) is 0. The number of carbonyl (C=O) groups excluding carboxylic acids is 2. The van der Waals surface area contributed by atoms with E-state index in [9.17, 15) is 9.59 Å². The average Bonchev–Trinajstić information content (AvgIpc) is 2.68. The number of nitrogens with two attached hydrogens (primary N) is 2. The van der Waals surface area contributed by atoms with Gasteiger partial charge < -0.3 is 11.5 Å². The van der Waals surface area contributed by atoms with E-state index < -0.39 is 12.1 Å². The molecule has 0 unspecified atom stereocenters. The first kappa shape index (κ1) is 22.2. The van der Waals surface area contributed by atoms with Crippen LogP contribution in [-0.4, -0.2) is 23.5 Å². The van der Waals surface area contributed by atoms with E-state index in [2.05, 4.69) is 21.1 Å². The van der Waals surface area contributed by atoms with E-state index >= 15 is 0 Å². The lowest BCUT2D eigenvalue weighted by Gasteiger charge is -2.10. The van der Waals surface area contributed by atoms with Crippen molar-refractivity contribution >= 4 is 46.7 Å². The third-order valence-electron chi connectivity index (χ3n) is 3.78. The van der Waals surface area contributed by atoms with Gasteiger partial charge >= 0.3 is 12.1 Å². The van der Waals surface area contributed by atoms with E-state index in [-0.39, 0.29) is 0 Å². The van der Waals surface area contributed by atoms with E-state index in [1.54, 1.807) is 48.5 Å². The highest BCUT2D eigenvalue weighted by molar-refractivity contribution is 6.31. The third-order valence-corrected chi connectivity index (χ3v) is 4.29. The third kappa shape index (κ3) is 7.81. The number of nitrogens with zero attached hydrogens (tertiary/aromatic N) is 2. The van der Waals surface area contributed by atoms with E-state index in [0.717, 1.165) is 11.1 Å². The molecule has 6 N–H and O–H groups in total. The molecule has 2 aromatic rings. The van der Waals surface area contributed by atoms with Crippen molar-refractivity contribution in [1.29, 1.82) is 0 Å². The fourth-order valence-electron chi connectivity index (χ4n) is 2.48. The van der Waals surface area contributed by atoms with Crippen LogP contribution in [0.15, 0.2) is 58.7 Å². The number of benzene rings is 2. The summed E-state index contributed by atoms with van der Waals surface area (Å²) in [6, 6.07) is 12.6. The van der Waals surface area contributed by atoms with Crippen LogP contribution >= 0.6 is 23.2 Å². The van der Waals surface area contributed by atoms with E-state index in [4.69, 9.17) is 34.7 Å². The zero-order valence-electron chi connectivity index (χ0n) is 15.4. The van der Waals surface area contributed by atoms with Gasteiger partial charge in [0.25, 0.3) is 0 Å². The van der Waals surface area contributed by atoms with Gasteiger partial charge in [0.2, 0.25) is 0 Å². The van der Waals surface area contributed by atoms with Gasteiger partial charge in [0.1, 0.15) is 0 Å². The van der Waals surface area contributed by atoms with Crippen LogP contribution in [0.2, 0.25) is 10.0 Å². The maximum atomic E-state index is 11.0. The molecule has 0 spiro atoms. The SMILES string of the molecule is NC(=O)N/N=C(\CCC/C(=N\NC(N)=O)c1ccc(Cl)cc1)c1ccc(Cl)cc1. The molecule has 2 rings (SSSR count). The fraction of sp³-hybridized carbons (Fsp3) is 0.158. The summed E-state index contributed by atoms with van der Waals surface area (Å²) >= 11 is 11.9. The molecule has 8 nitrogen and oxygen atoms in total. The maximum absolute atomic E-state index is 11.0. The molecule has 29 heavy (non-hydrogen) atoms. The smallest absolute Gasteiger partial charge is 0.332 e. The minimum atomic E-state index is -0.759. The summed E-state index contributed by atoms with van der Waals surface area (Å²) in [5.74, 6) is 0. The molecule has 0 aliphatic carbocycles. The fourth-order valence-corrected chi connectivity index (χ4v) is 2.73. The van der Waals surface area contributed by atoms with Crippen molar-refractivity contribution in [2.75, 3.05) is 0 Å². The number of primary amides is 2. The van der Waals surface area contributed by atoms with E-state index in [0.29, 0.717) is 40.7 Å². The van der Waals surface area contributed by atoms with Crippen molar-refractivity contribution in [3.05, 3.63) is 69.7 Å². The number of hydrogen-bond acceptors (Lipinski definition) is 4. The molecule has 4 amide bonds. The Morgan fingerprint density at radius 1 is 0.724 bits per heavy atom. The number of urea groups is 2. The molecule has 0 bridgehead atoms. The Hall–Kier alpha value is -3.10. The molecule has 0 heterocycles. The summed E-state index contributed by atoms with van der Waals surface area (Å²) in [6.45, 7) is 0. The first-order valence-corrected chi connectivity index (χ1v) is 9.36. The van der Waals surface area contributed by atoms with Crippen molar-refractivity contribution in [3.8, 4) is 0 Å². The Kier molecular flexibility index (Phi) is 8.45. The topological polar surface area (TPSA) is 135 Å². The van der Waals surface area contributed by atoms with Crippen LogP contribution < -0.4 is 22.3 Å². The second-order valence-electron chi connectivity index (χ2n) is 5.94. The van der Waals surface area contributed by atoms with Gasteiger partial charge in [-0.3, -0.25) is 0 Å². The Morgan fingerprint density at radius 2 is 1.07 bits per heavy atom. The molecule has 0 radical (unpaired) electrons.